The Labute approximate surface area is 145 Å². The Hall–Kier alpha value is -1.54. The van der Waals surface area contributed by atoms with Gasteiger partial charge >= 0.3 is 0 Å². The zero-order valence-corrected chi connectivity index (χ0v) is 14.9. The largest absolute Gasteiger partial charge is 0.393 e. The molecule has 2 N–H and O–H groups in total. The summed E-state index contributed by atoms with van der Waals surface area (Å²) < 4.78 is 0. The molecule has 1 aliphatic heterocycles. The van der Waals surface area contributed by atoms with E-state index in [-0.39, 0.29) is 42.2 Å². The third-order valence-corrected chi connectivity index (χ3v) is 5.94. The van der Waals surface area contributed by atoms with E-state index in [2.05, 4.69) is 15.5 Å². The van der Waals surface area contributed by atoms with Crippen molar-refractivity contribution < 1.29 is 14.7 Å². The van der Waals surface area contributed by atoms with Gasteiger partial charge in [0.15, 0.2) is 0 Å². The summed E-state index contributed by atoms with van der Waals surface area (Å²) in [5.74, 6) is -0.202. The second-order valence-electron chi connectivity index (χ2n) is 7.00. The van der Waals surface area contributed by atoms with Gasteiger partial charge in [-0.3, -0.25) is 14.5 Å². The van der Waals surface area contributed by atoms with Crippen molar-refractivity contribution in [1.82, 2.24) is 15.5 Å². The number of aromatic nitrogens is 2. The lowest BCUT2D eigenvalue weighted by atomic mass is 9.92. The Morgan fingerprint density at radius 1 is 1.29 bits per heavy atom. The van der Waals surface area contributed by atoms with Crippen molar-refractivity contribution in [2.75, 3.05) is 11.4 Å². The van der Waals surface area contributed by atoms with Crippen molar-refractivity contribution >= 4 is 28.3 Å². The minimum absolute atomic E-state index is 0.0687. The lowest BCUT2D eigenvalue weighted by Gasteiger charge is -2.27. The van der Waals surface area contributed by atoms with Crippen LogP contribution in [-0.4, -0.2) is 45.8 Å². The molecule has 1 aromatic rings. The molecule has 7 nitrogen and oxygen atoms in total. The van der Waals surface area contributed by atoms with Crippen LogP contribution in [0.25, 0.3) is 0 Å². The SMILES string of the molecule is CC(C)c1nnc(N2CC(C(=O)NC3CCC(O)CC3)CC2=O)s1. The van der Waals surface area contributed by atoms with E-state index in [1.165, 1.54) is 11.3 Å². The lowest BCUT2D eigenvalue weighted by Crippen LogP contribution is -2.42. The van der Waals surface area contributed by atoms with Crippen LogP contribution < -0.4 is 10.2 Å². The molecule has 1 unspecified atom stereocenters. The van der Waals surface area contributed by atoms with E-state index in [4.69, 9.17) is 0 Å². The van der Waals surface area contributed by atoms with Crippen LogP contribution in [-0.2, 0) is 9.59 Å². The fraction of sp³-hybridized carbons (Fsp3) is 0.750. The Morgan fingerprint density at radius 2 is 2.00 bits per heavy atom. The van der Waals surface area contributed by atoms with Crippen LogP contribution in [0.15, 0.2) is 0 Å². The van der Waals surface area contributed by atoms with Crippen molar-refractivity contribution in [3.8, 4) is 0 Å². The number of nitrogens with one attached hydrogen (secondary N) is 1. The van der Waals surface area contributed by atoms with Crippen LogP contribution in [0.3, 0.4) is 0 Å². The number of aliphatic hydroxyl groups is 1. The van der Waals surface area contributed by atoms with Gasteiger partial charge in [0.2, 0.25) is 16.9 Å². The van der Waals surface area contributed by atoms with E-state index in [0.717, 1.165) is 30.7 Å². The third-order valence-electron chi connectivity index (χ3n) is 4.69. The number of hydrogen-bond donors (Lipinski definition) is 2. The Kier molecular flexibility index (Phi) is 5.15. The van der Waals surface area contributed by atoms with E-state index >= 15 is 0 Å². The Morgan fingerprint density at radius 3 is 2.62 bits per heavy atom. The second kappa shape index (κ2) is 7.14. The van der Waals surface area contributed by atoms with Gasteiger partial charge in [-0.25, -0.2) is 0 Å². The van der Waals surface area contributed by atoms with Crippen LogP contribution in [0, 0.1) is 5.92 Å². The third kappa shape index (κ3) is 3.75. The molecular weight excluding hydrogens is 328 g/mol. The normalized spacial score (nSPS) is 27.8. The molecule has 0 radical (unpaired) electrons. The lowest BCUT2D eigenvalue weighted by molar-refractivity contribution is -0.127. The van der Waals surface area contributed by atoms with Gasteiger partial charge in [-0.05, 0) is 25.7 Å². The van der Waals surface area contributed by atoms with Crippen molar-refractivity contribution in [1.29, 1.82) is 0 Å². The number of rotatable bonds is 4. The summed E-state index contributed by atoms with van der Waals surface area (Å²) in [7, 11) is 0. The van der Waals surface area contributed by atoms with Crippen LogP contribution in [0.5, 0.6) is 0 Å². The number of carbonyl (C=O) groups is 2. The molecule has 8 heteroatoms. The predicted octanol–water partition coefficient (Wildman–Crippen LogP) is 1.43. The molecular formula is C16H24N4O3S. The van der Waals surface area contributed by atoms with Gasteiger partial charge in [-0.15, -0.1) is 10.2 Å². The van der Waals surface area contributed by atoms with Gasteiger partial charge in [-0.1, -0.05) is 25.2 Å². The number of hydrogen-bond acceptors (Lipinski definition) is 6. The van der Waals surface area contributed by atoms with Crippen molar-refractivity contribution in [3.05, 3.63) is 5.01 Å². The molecule has 1 aliphatic carbocycles. The molecule has 1 atom stereocenters. The fourth-order valence-corrected chi connectivity index (χ4v) is 4.05. The number of nitrogens with zero attached hydrogens (tertiary/aromatic N) is 3. The molecule has 2 aliphatic rings. The minimum Gasteiger partial charge on any atom is -0.393 e. The Bertz CT molecular complexity index is 610. The highest BCUT2D eigenvalue weighted by Crippen LogP contribution is 2.30. The van der Waals surface area contributed by atoms with Crippen molar-refractivity contribution in [3.63, 3.8) is 0 Å². The summed E-state index contributed by atoms with van der Waals surface area (Å²) in [6.07, 6.45) is 3.02. The standard InChI is InChI=1S/C16H24N4O3S/c1-9(2)15-18-19-16(24-15)20-8-10(7-13(20)22)14(23)17-11-3-5-12(21)6-4-11/h9-12,21H,3-8H2,1-2H3,(H,17,23). The maximum absolute atomic E-state index is 12.4. The maximum atomic E-state index is 12.4. The van der Waals surface area contributed by atoms with Gasteiger partial charge in [-0.2, -0.15) is 0 Å². The summed E-state index contributed by atoms with van der Waals surface area (Å²) in [6, 6.07) is 0.110. The molecule has 0 bridgehead atoms. The molecule has 2 amide bonds. The minimum atomic E-state index is -0.337. The number of amides is 2. The van der Waals surface area contributed by atoms with Gasteiger partial charge in [0.1, 0.15) is 5.01 Å². The van der Waals surface area contributed by atoms with Crippen LogP contribution in [0.1, 0.15) is 56.9 Å². The van der Waals surface area contributed by atoms with Crippen LogP contribution in [0.2, 0.25) is 0 Å². The van der Waals surface area contributed by atoms with Crippen molar-refractivity contribution in [2.45, 2.75) is 64.0 Å². The predicted molar refractivity (Wildman–Crippen MR) is 90.9 cm³/mol. The highest BCUT2D eigenvalue weighted by Gasteiger charge is 2.37. The summed E-state index contributed by atoms with van der Waals surface area (Å²) in [5, 5.41) is 22.3. The second-order valence-corrected chi connectivity index (χ2v) is 7.98. The topological polar surface area (TPSA) is 95.4 Å². The van der Waals surface area contributed by atoms with E-state index < -0.39 is 0 Å². The summed E-state index contributed by atoms with van der Waals surface area (Å²) in [5.41, 5.74) is 0. The van der Waals surface area contributed by atoms with Gasteiger partial charge in [0.25, 0.3) is 0 Å². The van der Waals surface area contributed by atoms with Gasteiger partial charge < -0.3 is 10.4 Å². The zero-order valence-electron chi connectivity index (χ0n) is 14.1. The fourth-order valence-electron chi connectivity index (χ4n) is 3.18. The maximum Gasteiger partial charge on any atom is 0.229 e. The van der Waals surface area contributed by atoms with Crippen LogP contribution in [0.4, 0.5) is 5.13 Å². The van der Waals surface area contributed by atoms with E-state index in [9.17, 15) is 14.7 Å². The molecule has 1 aromatic heterocycles. The first kappa shape index (κ1) is 17.3. The summed E-state index contributed by atoms with van der Waals surface area (Å²) in [4.78, 5) is 26.3. The molecule has 0 spiro atoms. The van der Waals surface area contributed by atoms with Gasteiger partial charge in [0, 0.05) is 24.9 Å². The first-order chi connectivity index (χ1) is 11.4. The molecule has 132 valence electrons. The molecule has 0 aromatic carbocycles. The molecule has 3 rings (SSSR count). The average molecular weight is 352 g/mol. The highest BCUT2D eigenvalue weighted by atomic mass is 32.1. The number of carbonyl (C=O) groups excluding carboxylic acids is 2. The van der Waals surface area contributed by atoms with Crippen molar-refractivity contribution in [2.24, 2.45) is 5.92 Å². The first-order valence-corrected chi connectivity index (χ1v) is 9.38. The van der Waals surface area contributed by atoms with E-state index in [1.54, 1.807) is 4.90 Å². The molecule has 2 fully saturated rings. The van der Waals surface area contributed by atoms with Gasteiger partial charge in [0.05, 0.1) is 12.0 Å². The Balaban J connectivity index is 1.58. The summed E-state index contributed by atoms with van der Waals surface area (Å²) >= 11 is 1.42. The number of anilines is 1. The zero-order chi connectivity index (χ0) is 17.3. The molecule has 1 saturated heterocycles. The first-order valence-electron chi connectivity index (χ1n) is 8.56. The smallest absolute Gasteiger partial charge is 0.229 e. The van der Waals surface area contributed by atoms with E-state index in [0.29, 0.717) is 11.7 Å². The number of aliphatic hydroxyl groups excluding tert-OH is 1. The quantitative estimate of drug-likeness (QED) is 0.855. The monoisotopic (exact) mass is 352 g/mol. The molecule has 2 heterocycles. The highest BCUT2D eigenvalue weighted by molar-refractivity contribution is 7.15. The average Bonchev–Trinajstić information content (AvgIpc) is 3.16. The molecule has 1 saturated carbocycles. The summed E-state index contributed by atoms with van der Waals surface area (Å²) in [6.45, 7) is 4.44. The molecule has 24 heavy (non-hydrogen) atoms. The van der Waals surface area contributed by atoms with E-state index in [1.807, 2.05) is 13.8 Å². The van der Waals surface area contributed by atoms with Crippen LogP contribution >= 0.6 is 11.3 Å².